The second-order valence-electron chi connectivity index (χ2n) is 27.7. The van der Waals surface area contributed by atoms with E-state index < -0.39 is 59.0 Å². The molecule has 11 heterocycles. The van der Waals surface area contributed by atoms with Gasteiger partial charge in [-0.1, -0.05) is 66.7 Å². The number of primary amides is 3. The lowest BCUT2D eigenvalue weighted by molar-refractivity contribution is -0.142. The third-order valence-corrected chi connectivity index (χ3v) is 18.9. The molecule has 0 saturated heterocycles. The number of halogens is 10. The molecule has 0 fully saturated rings. The zero-order chi connectivity index (χ0) is 84.9. The Bertz CT molecular complexity index is 6570. The van der Waals surface area contributed by atoms with Gasteiger partial charge < -0.3 is 21.9 Å². The maximum absolute atomic E-state index is 13.6. The molecule has 0 bridgehead atoms. The van der Waals surface area contributed by atoms with E-state index in [1.165, 1.54) is 31.2 Å². The van der Waals surface area contributed by atoms with E-state index >= 15 is 0 Å². The third kappa shape index (κ3) is 19.4. The van der Waals surface area contributed by atoms with Crippen molar-refractivity contribution < 1.29 is 67.8 Å². The quantitative estimate of drug-likeness (QED) is 0.0563. The topological polar surface area (TPSA) is 317 Å². The number of carbonyl (C=O) groups excluding carboxylic acids is 4. The SMILES string of the molecule is CC(=O)c1cc(-c2cnn(C)c2)c2ccc(Cc3cccnc3C(F)(F)F)cc2n1.COc1ccc(Cc2ccc3c(-c4cnn(C)c4)cc(C(N)=O)nc3c2)cn1.Cn1cc(-c2cc(C(N)=O)nc3cc(Cc4ccc(F)c(C(F)(F)F)c4)ccc23)cn1.Cn1cc(-c2cc(C(N)=O)nc3cc(Cc4ccnc(C(F)(F)F)c4)ccc23)cn1. The standard InChI is InChI=1S/C22H16F4N4O.C22H17F3N4O.C21H16F3N5O.C21H19N5O2/c1-30-11-14(10-28-30)16-9-20(21(27)31)29-19-8-13(2-4-15(16)19)6-12-3-5-18(23)17(7-12)22(24,25)26;1-13(30)19-10-18(16-11-27-29(2)12-16)17-6-5-14(9-20(17)28-19)8-15-4-3-7-26-21(15)22(23,24)25;1-29-11-14(10-27-29)16-9-18(20(25)30)28-17-7-12(2-3-15(16)17)6-13-4-5-26-19(8-13)21(22,23)24;1-26-12-15(11-24-26)17-9-19(21(22)27)25-18-8-13(3-5-16(17)18)7-14-4-6-20(28-2)23-10-14/h2-5,7-11H,6H2,1H3,(H2,27,31);3-7,9-12H,8H2,1-2H3;2-5,7-11H,6H2,1H3,(H2,25,30);3-6,8-12H,7H2,1-2H3,(H2,22,27). The summed E-state index contributed by atoms with van der Waals surface area (Å²) in [4.78, 5) is 76.0. The fourth-order valence-corrected chi connectivity index (χ4v) is 13.3. The van der Waals surface area contributed by atoms with Gasteiger partial charge in [0.05, 0.1) is 59.5 Å². The number of amides is 3. The summed E-state index contributed by atoms with van der Waals surface area (Å²) in [7, 11) is 8.78. The van der Waals surface area contributed by atoms with E-state index in [4.69, 9.17) is 21.9 Å². The van der Waals surface area contributed by atoms with E-state index in [1.54, 1.807) is 145 Å². The molecule has 119 heavy (non-hydrogen) atoms. The van der Waals surface area contributed by atoms with Crippen LogP contribution in [0.2, 0.25) is 0 Å². The van der Waals surface area contributed by atoms with Gasteiger partial charge >= 0.3 is 18.5 Å². The fourth-order valence-electron chi connectivity index (χ4n) is 13.3. The number of alkyl halides is 9. The van der Waals surface area contributed by atoms with Gasteiger partial charge in [0.25, 0.3) is 17.7 Å². The molecule has 33 heteroatoms. The van der Waals surface area contributed by atoms with Crippen LogP contribution in [0, 0.1) is 5.82 Å². The average Bonchev–Trinajstić information content (AvgIpc) is 1.05. The number of ketones is 1. The lowest BCUT2D eigenvalue weighted by Gasteiger charge is -2.12. The summed E-state index contributed by atoms with van der Waals surface area (Å²) in [6.07, 6.45) is 5.47. The fraction of sp³-hybridized carbons (Fsp3) is 0.151. The zero-order valence-corrected chi connectivity index (χ0v) is 63.9. The lowest BCUT2D eigenvalue weighted by atomic mass is 9.97. The first-order valence-electron chi connectivity index (χ1n) is 36.1. The molecular weight excluding hydrogens is 1560 g/mol. The van der Waals surface area contributed by atoms with Crippen LogP contribution in [0.3, 0.4) is 0 Å². The molecule has 0 aliphatic rings. The van der Waals surface area contributed by atoms with E-state index in [0.29, 0.717) is 62.2 Å². The highest BCUT2D eigenvalue weighted by atomic mass is 19.4. The second-order valence-corrected chi connectivity index (χ2v) is 27.7. The molecular formula is C86H68F10N18O5. The summed E-state index contributed by atoms with van der Waals surface area (Å²) in [6, 6.07) is 40.8. The summed E-state index contributed by atoms with van der Waals surface area (Å²) < 4.78 is 143. The number of nitrogens with zero attached hydrogens (tertiary/aromatic N) is 15. The monoisotopic (exact) mass is 1620 g/mol. The number of rotatable bonds is 17. The van der Waals surface area contributed by atoms with Crippen LogP contribution < -0.4 is 21.9 Å². The van der Waals surface area contributed by atoms with E-state index in [1.807, 2.05) is 68.1 Å². The summed E-state index contributed by atoms with van der Waals surface area (Å²) in [5.74, 6) is -2.86. The maximum Gasteiger partial charge on any atom is 0.433 e. The largest absolute Gasteiger partial charge is 0.481 e. The second kappa shape index (κ2) is 34.0. The van der Waals surface area contributed by atoms with Crippen molar-refractivity contribution in [2.75, 3.05) is 7.11 Å². The van der Waals surface area contributed by atoms with Crippen molar-refractivity contribution in [3.8, 4) is 50.4 Å². The zero-order valence-electron chi connectivity index (χ0n) is 63.9. The van der Waals surface area contributed by atoms with Crippen LogP contribution in [0.5, 0.6) is 5.88 Å². The van der Waals surface area contributed by atoms with E-state index in [0.717, 1.165) is 108 Å². The molecule has 602 valence electrons. The number of hydrogen-bond acceptors (Lipinski definition) is 16. The highest BCUT2D eigenvalue weighted by Crippen LogP contribution is 2.38. The van der Waals surface area contributed by atoms with Gasteiger partial charge in [-0.3, -0.25) is 47.9 Å². The van der Waals surface area contributed by atoms with E-state index in [9.17, 15) is 63.1 Å². The van der Waals surface area contributed by atoms with Crippen molar-refractivity contribution in [1.82, 2.24) is 74.0 Å². The van der Waals surface area contributed by atoms with Crippen molar-refractivity contribution in [3.05, 3.63) is 310 Å². The van der Waals surface area contributed by atoms with Gasteiger partial charge in [-0.25, -0.2) is 29.3 Å². The Morgan fingerprint density at radius 3 is 1.11 bits per heavy atom. The number of hydrogen-bond donors (Lipinski definition) is 3. The van der Waals surface area contributed by atoms with Crippen LogP contribution in [-0.4, -0.2) is 105 Å². The molecule has 6 N–H and O–H groups in total. The Kier molecular flexibility index (Phi) is 23.5. The first-order chi connectivity index (χ1) is 56.6. The number of ether oxygens (including phenoxy) is 1. The van der Waals surface area contributed by atoms with Gasteiger partial charge in [0, 0.05) is 128 Å². The van der Waals surface area contributed by atoms with Gasteiger partial charge in [-0.15, -0.1) is 0 Å². The predicted molar refractivity (Wildman–Crippen MR) is 423 cm³/mol. The van der Waals surface area contributed by atoms with Gasteiger partial charge in [0.15, 0.2) is 5.78 Å². The summed E-state index contributed by atoms with van der Waals surface area (Å²) >= 11 is 0. The molecule has 5 aromatic carbocycles. The van der Waals surface area contributed by atoms with Crippen molar-refractivity contribution in [3.63, 3.8) is 0 Å². The number of aryl methyl sites for hydroxylation is 4. The van der Waals surface area contributed by atoms with Crippen molar-refractivity contribution in [1.29, 1.82) is 0 Å². The molecule has 16 rings (SSSR count). The van der Waals surface area contributed by atoms with Crippen LogP contribution in [0.4, 0.5) is 43.9 Å². The number of fused-ring (bicyclic) bond motifs is 4. The third-order valence-electron chi connectivity index (χ3n) is 18.9. The first-order valence-corrected chi connectivity index (χ1v) is 36.1. The van der Waals surface area contributed by atoms with Crippen LogP contribution in [-0.2, 0) is 72.4 Å². The normalized spacial score (nSPS) is 11.6. The molecule has 16 aromatic rings. The van der Waals surface area contributed by atoms with Crippen LogP contribution in [0.1, 0.15) is 110 Å². The Labute approximate surface area is 669 Å². The number of methoxy groups -OCH3 is 1. The number of nitrogens with two attached hydrogens (primary N) is 3. The van der Waals surface area contributed by atoms with Crippen LogP contribution >= 0.6 is 0 Å². The minimum Gasteiger partial charge on any atom is -0.481 e. The molecule has 23 nitrogen and oxygen atoms in total. The number of Topliss-reactive ketones (excluding diaryl/α,β-unsaturated/α-hetero) is 1. The highest BCUT2D eigenvalue weighted by molar-refractivity contribution is 6.04. The smallest absolute Gasteiger partial charge is 0.433 e. The van der Waals surface area contributed by atoms with Crippen molar-refractivity contribution >= 4 is 67.1 Å². The number of pyridine rings is 7. The van der Waals surface area contributed by atoms with E-state index in [-0.39, 0.29) is 53.4 Å². The molecule has 0 spiro atoms. The predicted octanol–water partition coefficient (Wildman–Crippen LogP) is 15.8. The summed E-state index contributed by atoms with van der Waals surface area (Å²) in [5.41, 5.74) is 27.6. The first kappa shape index (κ1) is 82.2. The summed E-state index contributed by atoms with van der Waals surface area (Å²) in [6.45, 7) is 1.43. The Morgan fingerprint density at radius 1 is 0.387 bits per heavy atom. The van der Waals surface area contributed by atoms with Crippen LogP contribution in [0.15, 0.2) is 220 Å². The molecule has 0 radical (unpaired) electrons. The average molecular weight is 1620 g/mol. The highest BCUT2D eigenvalue weighted by Gasteiger charge is 2.36. The molecule has 11 aromatic heterocycles. The van der Waals surface area contributed by atoms with Gasteiger partial charge in [0.1, 0.15) is 40.0 Å². The minimum absolute atomic E-state index is 0.0484. The van der Waals surface area contributed by atoms with Gasteiger partial charge in [0.2, 0.25) is 5.88 Å². The molecule has 0 aliphatic heterocycles. The number of carbonyl (C=O) groups is 4. The van der Waals surface area contributed by atoms with Crippen LogP contribution in [0.25, 0.3) is 88.1 Å². The number of aromatic nitrogens is 15. The molecule has 0 unspecified atom stereocenters. The molecule has 0 atom stereocenters. The Balaban J connectivity index is 0.000000137. The maximum atomic E-state index is 13.6. The van der Waals surface area contributed by atoms with Crippen molar-refractivity contribution in [2.24, 2.45) is 45.4 Å². The van der Waals surface area contributed by atoms with E-state index in [2.05, 4.69) is 61.3 Å². The van der Waals surface area contributed by atoms with Gasteiger partial charge in [-0.2, -0.15) is 59.9 Å². The molecule has 3 amide bonds. The lowest BCUT2D eigenvalue weighted by Crippen LogP contribution is -2.13. The summed E-state index contributed by atoms with van der Waals surface area (Å²) in [5, 5.41) is 19.9. The Morgan fingerprint density at radius 2 is 0.756 bits per heavy atom. The molecule has 0 aliphatic carbocycles. The molecule has 0 saturated carbocycles. The van der Waals surface area contributed by atoms with Gasteiger partial charge in [-0.05, 0) is 171 Å². The minimum atomic E-state index is -4.78. The number of benzene rings is 5. The Hall–Kier alpha value is -14.8. The van der Waals surface area contributed by atoms with Crippen molar-refractivity contribution in [2.45, 2.75) is 51.1 Å².